The maximum absolute atomic E-state index is 4.35. The fourth-order valence-electron chi connectivity index (χ4n) is 0.846. The van der Waals surface area contributed by atoms with Crippen LogP contribution in [0, 0.1) is 0 Å². The molecule has 0 rings (SSSR count). The van der Waals surface area contributed by atoms with Crippen molar-refractivity contribution in [2.24, 2.45) is 0 Å². The fourth-order valence-corrected chi connectivity index (χ4v) is 4.58. The Morgan fingerprint density at radius 1 is 0.733 bits per heavy atom. The maximum Gasteiger partial charge on any atom is 0.00791 e. The summed E-state index contributed by atoms with van der Waals surface area (Å²) in [7, 11) is 0. The minimum absolute atomic E-state index is 0.535. The summed E-state index contributed by atoms with van der Waals surface area (Å²) in [5, 5.41) is 1.07. The van der Waals surface area contributed by atoms with Gasteiger partial charge in [0.05, 0.1) is 0 Å². The van der Waals surface area contributed by atoms with Gasteiger partial charge in [-0.3, -0.25) is 0 Å². The lowest BCUT2D eigenvalue weighted by Gasteiger charge is -2.05. The van der Waals surface area contributed by atoms with Crippen molar-refractivity contribution in [1.29, 1.82) is 0 Å². The lowest BCUT2D eigenvalue weighted by Crippen LogP contribution is -1.99. The van der Waals surface area contributed by atoms with Gasteiger partial charge in [0, 0.05) is 45.0 Å². The molecule has 0 heterocycles. The number of rotatable bonds is 10. The highest BCUT2D eigenvalue weighted by Crippen LogP contribution is 2.13. The summed E-state index contributed by atoms with van der Waals surface area (Å²) in [6.45, 7) is 4.30. The molecular weight excluding hydrogens is 280 g/mol. The summed E-state index contributed by atoms with van der Waals surface area (Å²) < 4.78 is 0. The van der Waals surface area contributed by atoms with Crippen molar-refractivity contribution in [2.45, 2.75) is 24.3 Å². The minimum Gasteiger partial charge on any atom is -0.175 e. The van der Waals surface area contributed by atoms with Crippen molar-refractivity contribution in [1.82, 2.24) is 0 Å². The van der Waals surface area contributed by atoms with Gasteiger partial charge < -0.3 is 0 Å². The Balaban J connectivity index is 2.93. The second-order valence-electron chi connectivity index (χ2n) is 3.46. The van der Waals surface area contributed by atoms with E-state index in [0.717, 1.165) is 0 Å². The Bertz CT molecular complexity index is 113. The molecule has 0 aromatic carbocycles. The lowest BCUT2D eigenvalue weighted by atomic mass is 10.6. The van der Waals surface area contributed by atoms with Gasteiger partial charge in [-0.05, 0) is 0 Å². The smallest absolute Gasteiger partial charge is 0.00791 e. The first kappa shape index (κ1) is 16.8. The van der Waals surface area contributed by atoms with Crippen LogP contribution in [0.15, 0.2) is 0 Å². The van der Waals surface area contributed by atoms with Crippen LogP contribution in [-0.2, 0) is 0 Å². The molecule has 0 N–H and O–H groups in total. The van der Waals surface area contributed by atoms with Gasteiger partial charge in [-0.15, -0.1) is 0 Å². The first-order valence-corrected chi connectivity index (χ1v) is 9.72. The van der Waals surface area contributed by atoms with Crippen LogP contribution in [-0.4, -0.2) is 45.0 Å². The normalized spacial score (nSPS) is 15.2. The predicted octanol–water partition coefficient (Wildman–Crippen LogP) is 3.82. The molecule has 0 amide bonds. The molecule has 0 spiro atoms. The van der Waals surface area contributed by atoms with Crippen LogP contribution >= 0.6 is 60.5 Å². The predicted molar refractivity (Wildman–Crippen MR) is 88.9 cm³/mol. The van der Waals surface area contributed by atoms with Gasteiger partial charge in [-0.1, -0.05) is 13.8 Å². The largest absolute Gasteiger partial charge is 0.175 e. The highest BCUT2D eigenvalue weighted by atomic mass is 32.2. The Kier molecular flexibility index (Phi) is 13.6. The molecule has 15 heavy (non-hydrogen) atoms. The van der Waals surface area contributed by atoms with Crippen LogP contribution in [0.3, 0.4) is 0 Å². The number of hydrogen-bond acceptors (Lipinski definition) is 5. The van der Waals surface area contributed by atoms with E-state index < -0.39 is 0 Å². The van der Waals surface area contributed by atoms with Crippen molar-refractivity contribution < 1.29 is 0 Å². The number of thiol groups is 2. The summed E-state index contributed by atoms with van der Waals surface area (Å²) in [6.07, 6.45) is 0. The summed E-state index contributed by atoms with van der Waals surface area (Å²) in [5.74, 6) is 7.45. The Morgan fingerprint density at radius 2 is 1.07 bits per heavy atom. The summed E-state index contributed by atoms with van der Waals surface area (Å²) in [5.41, 5.74) is 0. The molecule has 0 aliphatic carbocycles. The zero-order valence-electron chi connectivity index (χ0n) is 9.52. The van der Waals surface area contributed by atoms with E-state index in [1.165, 1.54) is 34.5 Å². The molecule has 0 radical (unpaired) electrons. The van der Waals surface area contributed by atoms with Gasteiger partial charge in [0.1, 0.15) is 0 Å². The van der Waals surface area contributed by atoms with Gasteiger partial charge in [-0.2, -0.15) is 60.5 Å². The fraction of sp³-hybridized carbons (Fsp3) is 1.00. The quantitative estimate of drug-likeness (QED) is 0.465. The van der Waals surface area contributed by atoms with E-state index in [2.05, 4.69) is 50.9 Å². The second kappa shape index (κ2) is 12.2. The van der Waals surface area contributed by atoms with Gasteiger partial charge in [0.2, 0.25) is 0 Å². The number of hydrogen-bond donors (Lipinski definition) is 2. The second-order valence-corrected chi connectivity index (χ2v) is 8.75. The van der Waals surface area contributed by atoms with E-state index in [1.807, 2.05) is 23.5 Å². The van der Waals surface area contributed by atoms with E-state index in [4.69, 9.17) is 0 Å². The van der Waals surface area contributed by atoms with Crippen LogP contribution in [0.1, 0.15) is 13.8 Å². The molecule has 0 fully saturated rings. The third-order valence-electron chi connectivity index (χ3n) is 1.46. The van der Waals surface area contributed by atoms with Crippen LogP contribution in [0.4, 0.5) is 0 Å². The zero-order chi connectivity index (χ0) is 11.5. The molecule has 0 nitrogen and oxygen atoms in total. The monoisotopic (exact) mass is 302 g/mol. The molecule has 5 heteroatoms. The average molecular weight is 303 g/mol. The molecule has 0 aliphatic heterocycles. The minimum atomic E-state index is 0.535. The molecular formula is C10H22S5. The van der Waals surface area contributed by atoms with Crippen LogP contribution in [0.25, 0.3) is 0 Å². The van der Waals surface area contributed by atoms with Gasteiger partial charge in [-0.25, -0.2) is 0 Å². The van der Waals surface area contributed by atoms with Crippen molar-refractivity contribution in [2.75, 3.05) is 34.5 Å². The van der Waals surface area contributed by atoms with Gasteiger partial charge in [0.15, 0.2) is 0 Å². The van der Waals surface area contributed by atoms with E-state index in [1.54, 1.807) is 0 Å². The third kappa shape index (κ3) is 15.8. The van der Waals surface area contributed by atoms with Crippen LogP contribution < -0.4 is 0 Å². The molecule has 0 aromatic rings. The molecule has 2 atom stereocenters. The summed E-state index contributed by atoms with van der Waals surface area (Å²) >= 11 is 14.8. The zero-order valence-corrected chi connectivity index (χ0v) is 13.8. The van der Waals surface area contributed by atoms with Crippen molar-refractivity contribution in [3.63, 3.8) is 0 Å². The molecule has 0 aromatic heterocycles. The first-order chi connectivity index (χ1) is 7.13. The number of thioether (sulfide) groups is 3. The van der Waals surface area contributed by atoms with Gasteiger partial charge >= 0.3 is 0 Å². The maximum atomic E-state index is 4.35. The summed E-state index contributed by atoms with van der Waals surface area (Å²) in [4.78, 5) is 0. The van der Waals surface area contributed by atoms with E-state index in [0.29, 0.717) is 10.5 Å². The van der Waals surface area contributed by atoms with Crippen LogP contribution in [0.2, 0.25) is 0 Å². The van der Waals surface area contributed by atoms with E-state index >= 15 is 0 Å². The Morgan fingerprint density at radius 3 is 1.40 bits per heavy atom. The molecule has 2 unspecified atom stereocenters. The van der Waals surface area contributed by atoms with E-state index in [-0.39, 0.29) is 0 Å². The van der Waals surface area contributed by atoms with Crippen molar-refractivity contribution >= 4 is 60.5 Å². The van der Waals surface area contributed by atoms with Crippen LogP contribution in [0.5, 0.6) is 0 Å². The van der Waals surface area contributed by atoms with Crippen molar-refractivity contribution in [3.05, 3.63) is 0 Å². The summed E-state index contributed by atoms with van der Waals surface area (Å²) in [6, 6.07) is 0. The highest BCUT2D eigenvalue weighted by Gasteiger charge is 1.97. The highest BCUT2D eigenvalue weighted by molar-refractivity contribution is 8.04. The Labute approximate surface area is 119 Å². The Hall–Kier alpha value is 1.75. The molecule has 0 aliphatic rings. The molecule has 0 saturated carbocycles. The molecule has 92 valence electrons. The lowest BCUT2D eigenvalue weighted by molar-refractivity contribution is 1.14. The first-order valence-electron chi connectivity index (χ1n) is 5.22. The third-order valence-corrected chi connectivity index (χ3v) is 6.28. The molecule has 0 bridgehead atoms. The standard InChI is InChI=1S/C10H22S5/c1-9(11)7-14-5-3-13-4-6-15-8-10(2)12/h9-12H,3-8H2,1-2H3. The SMILES string of the molecule is CC(S)CSCCSCCSCC(C)S. The van der Waals surface area contributed by atoms with E-state index in [9.17, 15) is 0 Å². The van der Waals surface area contributed by atoms with Gasteiger partial charge in [0.25, 0.3) is 0 Å². The topological polar surface area (TPSA) is 0 Å². The van der Waals surface area contributed by atoms with Crippen molar-refractivity contribution in [3.8, 4) is 0 Å². The molecule has 0 saturated heterocycles. The average Bonchev–Trinajstić information content (AvgIpc) is 2.14.